The second kappa shape index (κ2) is 6.15. The summed E-state index contributed by atoms with van der Waals surface area (Å²) in [5, 5.41) is 2.83. The lowest BCUT2D eigenvalue weighted by Gasteiger charge is -2.55. The minimum atomic E-state index is -0.762. The lowest BCUT2D eigenvalue weighted by atomic mass is 9.49. The molecule has 25 heavy (non-hydrogen) atoms. The molecule has 0 aliphatic heterocycles. The van der Waals surface area contributed by atoms with Crippen LogP contribution in [0.2, 0.25) is 0 Å². The number of carbonyl (C=O) groups is 2. The van der Waals surface area contributed by atoms with Gasteiger partial charge in [-0.25, -0.2) is 0 Å². The van der Waals surface area contributed by atoms with Gasteiger partial charge < -0.3 is 10.1 Å². The molecule has 4 saturated carbocycles. The quantitative estimate of drug-likeness (QED) is 0.840. The Morgan fingerprint density at radius 1 is 1.04 bits per heavy atom. The number of carbonyl (C=O) groups excluding carboxylic acids is 2. The molecule has 4 heteroatoms. The third kappa shape index (κ3) is 3.19. The van der Waals surface area contributed by atoms with Crippen LogP contribution in [-0.2, 0) is 14.3 Å². The number of aryl methyl sites for hydroxylation is 1. The molecule has 0 heterocycles. The van der Waals surface area contributed by atoms with Gasteiger partial charge >= 0.3 is 5.97 Å². The number of ether oxygens (including phenoxy) is 1. The Labute approximate surface area is 149 Å². The number of hydrogen-bond acceptors (Lipinski definition) is 3. The maximum atomic E-state index is 12.9. The van der Waals surface area contributed by atoms with Gasteiger partial charge in [0.25, 0.3) is 5.91 Å². The van der Waals surface area contributed by atoms with Crippen molar-refractivity contribution in [3.8, 4) is 0 Å². The molecule has 134 valence electrons. The summed E-state index contributed by atoms with van der Waals surface area (Å²) in [6, 6.07) is 7.62. The highest BCUT2D eigenvalue weighted by Crippen LogP contribution is 2.60. The van der Waals surface area contributed by atoms with Crippen molar-refractivity contribution < 1.29 is 14.3 Å². The predicted octanol–water partition coefficient (Wildman–Crippen LogP) is 4.08. The van der Waals surface area contributed by atoms with Crippen LogP contribution < -0.4 is 5.32 Å². The normalized spacial score (nSPS) is 33.8. The molecule has 1 aromatic carbocycles. The van der Waals surface area contributed by atoms with Crippen LogP contribution in [0.1, 0.15) is 51.0 Å². The molecule has 4 aliphatic rings. The van der Waals surface area contributed by atoms with E-state index in [1.807, 2.05) is 31.2 Å². The molecule has 4 aliphatic carbocycles. The molecule has 5 rings (SSSR count). The number of amides is 1. The minimum Gasteiger partial charge on any atom is -0.452 e. The monoisotopic (exact) mass is 341 g/mol. The smallest absolute Gasteiger partial charge is 0.312 e. The largest absolute Gasteiger partial charge is 0.452 e. The second-order valence-corrected chi connectivity index (χ2v) is 8.60. The Kier molecular flexibility index (Phi) is 4.09. The third-order valence-corrected chi connectivity index (χ3v) is 6.44. The molecule has 0 radical (unpaired) electrons. The molecule has 1 amide bonds. The fraction of sp³-hybridized carbons (Fsp3) is 0.619. The van der Waals surface area contributed by atoms with E-state index in [1.54, 1.807) is 6.92 Å². The summed E-state index contributed by atoms with van der Waals surface area (Å²) >= 11 is 0. The van der Waals surface area contributed by atoms with Crippen LogP contribution in [0.5, 0.6) is 0 Å². The zero-order valence-electron chi connectivity index (χ0n) is 15.1. The van der Waals surface area contributed by atoms with Crippen LogP contribution in [0.25, 0.3) is 0 Å². The first-order valence-corrected chi connectivity index (χ1v) is 9.52. The van der Waals surface area contributed by atoms with E-state index in [1.165, 1.54) is 19.3 Å². The zero-order chi connectivity index (χ0) is 17.6. The lowest BCUT2D eigenvalue weighted by molar-refractivity contribution is -0.177. The van der Waals surface area contributed by atoms with Gasteiger partial charge in [0, 0.05) is 5.69 Å². The van der Waals surface area contributed by atoms with Gasteiger partial charge in [0.1, 0.15) is 0 Å². The Balaban J connectivity index is 1.38. The van der Waals surface area contributed by atoms with Crippen molar-refractivity contribution in [1.29, 1.82) is 0 Å². The van der Waals surface area contributed by atoms with Crippen molar-refractivity contribution in [2.45, 2.75) is 58.5 Å². The van der Waals surface area contributed by atoms with Gasteiger partial charge in [-0.1, -0.05) is 17.7 Å². The van der Waals surface area contributed by atoms with Gasteiger partial charge in [0.05, 0.1) is 5.41 Å². The van der Waals surface area contributed by atoms with E-state index in [4.69, 9.17) is 4.74 Å². The molecular weight excluding hydrogens is 314 g/mol. The summed E-state index contributed by atoms with van der Waals surface area (Å²) in [6.07, 6.45) is 5.99. The van der Waals surface area contributed by atoms with E-state index in [-0.39, 0.29) is 17.3 Å². The van der Waals surface area contributed by atoms with E-state index in [2.05, 4.69) is 5.32 Å². The van der Waals surface area contributed by atoms with Crippen LogP contribution >= 0.6 is 0 Å². The highest BCUT2D eigenvalue weighted by molar-refractivity contribution is 5.95. The fourth-order valence-corrected chi connectivity index (χ4v) is 5.58. The molecule has 0 saturated heterocycles. The standard InChI is InChI=1S/C21H27NO3/c1-13-3-5-18(6-4-13)22-19(23)14(2)25-20(24)21-10-15-7-16(11-21)9-17(8-15)12-21/h3-6,14-17H,7-12H2,1-2H3,(H,22,23)/t14-,15?,16?,17?,21?/m1/s1. The van der Waals surface area contributed by atoms with E-state index < -0.39 is 6.10 Å². The number of benzene rings is 1. The molecule has 1 N–H and O–H groups in total. The summed E-state index contributed by atoms with van der Waals surface area (Å²) in [5.74, 6) is 1.67. The molecule has 0 spiro atoms. The first-order chi connectivity index (χ1) is 11.9. The number of rotatable bonds is 4. The van der Waals surface area contributed by atoms with Crippen molar-refractivity contribution in [3.63, 3.8) is 0 Å². The number of hydrogen-bond donors (Lipinski definition) is 1. The third-order valence-electron chi connectivity index (χ3n) is 6.44. The Bertz CT molecular complexity index is 644. The van der Waals surface area contributed by atoms with Gasteiger partial charge in [0.15, 0.2) is 6.10 Å². The van der Waals surface area contributed by atoms with Crippen LogP contribution in [-0.4, -0.2) is 18.0 Å². The topological polar surface area (TPSA) is 55.4 Å². The SMILES string of the molecule is Cc1ccc(NC(=O)[C@@H](C)OC(=O)C23CC4CC(CC(C4)C2)C3)cc1. The van der Waals surface area contributed by atoms with E-state index in [0.29, 0.717) is 17.8 Å². The predicted molar refractivity (Wildman–Crippen MR) is 96.0 cm³/mol. The number of anilines is 1. The first-order valence-electron chi connectivity index (χ1n) is 9.52. The van der Waals surface area contributed by atoms with Gasteiger partial charge in [-0.2, -0.15) is 0 Å². The summed E-state index contributed by atoms with van der Waals surface area (Å²) in [6.45, 7) is 3.67. The van der Waals surface area contributed by atoms with Crippen molar-refractivity contribution in [1.82, 2.24) is 0 Å². The minimum absolute atomic E-state index is 0.141. The van der Waals surface area contributed by atoms with Gasteiger partial charge in [-0.15, -0.1) is 0 Å². The first kappa shape index (κ1) is 16.6. The maximum absolute atomic E-state index is 12.9. The second-order valence-electron chi connectivity index (χ2n) is 8.60. The molecular formula is C21H27NO3. The summed E-state index contributed by atoms with van der Waals surface area (Å²) in [7, 11) is 0. The summed E-state index contributed by atoms with van der Waals surface area (Å²) < 4.78 is 5.64. The average Bonchev–Trinajstić information content (AvgIpc) is 2.55. The van der Waals surface area contributed by atoms with E-state index in [0.717, 1.165) is 30.5 Å². The average molecular weight is 341 g/mol. The summed E-state index contributed by atoms with van der Waals surface area (Å²) in [5.41, 5.74) is 1.56. The summed E-state index contributed by atoms with van der Waals surface area (Å²) in [4.78, 5) is 25.3. The van der Waals surface area contributed by atoms with Gasteiger partial charge in [0.2, 0.25) is 0 Å². The molecule has 4 fully saturated rings. The molecule has 1 atom stereocenters. The van der Waals surface area contributed by atoms with Gasteiger partial charge in [-0.05, 0) is 82.3 Å². The van der Waals surface area contributed by atoms with Crippen molar-refractivity contribution in [2.24, 2.45) is 23.2 Å². The molecule has 1 aromatic rings. The van der Waals surface area contributed by atoms with Gasteiger partial charge in [-0.3, -0.25) is 9.59 Å². The number of esters is 1. The molecule has 0 aromatic heterocycles. The number of nitrogens with one attached hydrogen (secondary N) is 1. The Hall–Kier alpha value is -1.84. The van der Waals surface area contributed by atoms with Crippen LogP contribution in [0.3, 0.4) is 0 Å². The highest BCUT2D eigenvalue weighted by Gasteiger charge is 2.55. The van der Waals surface area contributed by atoms with Crippen molar-refractivity contribution in [3.05, 3.63) is 29.8 Å². The van der Waals surface area contributed by atoms with E-state index >= 15 is 0 Å². The molecule has 4 nitrogen and oxygen atoms in total. The molecule has 0 unspecified atom stereocenters. The Morgan fingerprint density at radius 3 is 2.08 bits per heavy atom. The van der Waals surface area contributed by atoms with Crippen molar-refractivity contribution >= 4 is 17.6 Å². The highest BCUT2D eigenvalue weighted by atomic mass is 16.5. The molecule has 4 bridgehead atoms. The zero-order valence-corrected chi connectivity index (χ0v) is 15.1. The fourth-order valence-electron chi connectivity index (χ4n) is 5.58. The van der Waals surface area contributed by atoms with Crippen LogP contribution in [0, 0.1) is 30.1 Å². The van der Waals surface area contributed by atoms with Crippen LogP contribution in [0.15, 0.2) is 24.3 Å². The lowest BCUT2D eigenvalue weighted by Crippen LogP contribution is -2.51. The van der Waals surface area contributed by atoms with Crippen LogP contribution in [0.4, 0.5) is 5.69 Å². The van der Waals surface area contributed by atoms with E-state index in [9.17, 15) is 9.59 Å². The van der Waals surface area contributed by atoms with Crippen molar-refractivity contribution in [2.75, 3.05) is 5.32 Å². The maximum Gasteiger partial charge on any atom is 0.312 e. The Morgan fingerprint density at radius 2 is 1.56 bits per heavy atom.